The van der Waals surface area contributed by atoms with Crippen molar-refractivity contribution in [1.29, 1.82) is 0 Å². The number of nitrogen functional groups attached to an aromatic ring is 2. The lowest BCUT2D eigenvalue weighted by molar-refractivity contribution is -0.0607. The average Bonchev–Trinajstić information content (AvgIpc) is 3.73. The van der Waals surface area contributed by atoms with E-state index >= 15 is 8.78 Å². The number of hydrogen-bond acceptors (Lipinski definition) is 16. The predicted molar refractivity (Wildman–Crippen MR) is 142 cm³/mol. The number of imidazole rings is 2. The van der Waals surface area contributed by atoms with E-state index in [1.54, 1.807) is 0 Å². The Bertz CT molecular complexity index is 1710. The van der Waals surface area contributed by atoms with Gasteiger partial charge in [-0.2, -0.15) is 0 Å². The van der Waals surface area contributed by atoms with Gasteiger partial charge in [-0.25, -0.2) is 43.2 Å². The molecule has 3 aliphatic rings. The maximum Gasteiger partial charge on any atom is 0.472 e. The molecule has 5 N–H and O–H groups in total. The number of anilines is 2. The fourth-order valence-electron chi connectivity index (χ4n) is 5.20. The molecule has 233 valence electrons. The van der Waals surface area contributed by atoms with Crippen LogP contribution in [-0.2, 0) is 36.7 Å². The summed E-state index contributed by atoms with van der Waals surface area (Å²) in [6.45, 7) is -1.62. The number of fused-ring (bicyclic) bond motifs is 4. The van der Waals surface area contributed by atoms with Crippen LogP contribution in [0.15, 0.2) is 25.3 Å². The van der Waals surface area contributed by atoms with Gasteiger partial charge in [0.2, 0.25) is 0 Å². The molecule has 0 saturated carbocycles. The zero-order valence-corrected chi connectivity index (χ0v) is 23.8. The van der Waals surface area contributed by atoms with Crippen LogP contribution in [0, 0.1) is 0 Å². The zero-order valence-electron chi connectivity index (χ0n) is 22.0. The largest absolute Gasteiger partial charge is 0.472 e. The van der Waals surface area contributed by atoms with Crippen molar-refractivity contribution < 1.29 is 50.4 Å². The van der Waals surface area contributed by atoms with Gasteiger partial charge in [-0.15, -0.1) is 0 Å². The fraction of sp³-hybridized carbons (Fsp3) is 0.500. The molecule has 44 heavy (non-hydrogen) atoms. The Morgan fingerprint density at radius 2 is 1.27 bits per heavy atom. The summed E-state index contributed by atoms with van der Waals surface area (Å²) in [7, 11) is -3.92. The second-order valence-electron chi connectivity index (χ2n) is 9.92. The highest BCUT2D eigenvalue weighted by atomic mass is 31.2. The number of aromatic nitrogens is 8. The number of ether oxygens (including phenoxy) is 2. The van der Waals surface area contributed by atoms with Crippen LogP contribution in [0.25, 0.3) is 22.3 Å². The Morgan fingerprint density at radius 1 is 0.795 bits per heavy atom. The summed E-state index contributed by atoms with van der Waals surface area (Å²) >= 11 is 0. The Labute approximate surface area is 245 Å². The third kappa shape index (κ3) is 5.05. The summed E-state index contributed by atoms with van der Waals surface area (Å²) in [6.07, 6.45) is -9.27. The lowest BCUT2D eigenvalue weighted by atomic mass is 10.1. The minimum Gasteiger partial charge on any atom is -0.444 e. The van der Waals surface area contributed by atoms with Crippen molar-refractivity contribution >= 4 is 56.8 Å². The summed E-state index contributed by atoms with van der Waals surface area (Å²) in [5.41, 5.74) is 12.1. The third-order valence-corrected chi connectivity index (χ3v) is 9.23. The summed E-state index contributed by atoms with van der Waals surface area (Å²) < 4.78 is 92.6. The Hall–Kier alpha value is -3.20. The number of alkyl halides is 2. The Morgan fingerprint density at radius 3 is 1.80 bits per heavy atom. The van der Waals surface area contributed by atoms with Crippen LogP contribution < -0.4 is 11.5 Å². The number of nitrogens with zero attached hydrogens (tertiary/aromatic N) is 8. The van der Waals surface area contributed by atoms with Crippen LogP contribution in [0.4, 0.5) is 20.4 Å². The van der Waals surface area contributed by atoms with Crippen molar-refractivity contribution in [3.8, 4) is 0 Å². The van der Waals surface area contributed by atoms with E-state index in [1.807, 2.05) is 0 Å². The number of rotatable bonds is 2. The van der Waals surface area contributed by atoms with Gasteiger partial charge in [0, 0.05) is 0 Å². The summed E-state index contributed by atoms with van der Waals surface area (Å²) in [6, 6.07) is 0. The van der Waals surface area contributed by atoms with Crippen LogP contribution in [0.1, 0.15) is 12.5 Å². The molecule has 3 fully saturated rings. The van der Waals surface area contributed by atoms with Crippen LogP contribution in [0.5, 0.6) is 0 Å². The molecule has 3 saturated heterocycles. The van der Waals surface area contributed by atoms with Crippen LogP contribution in [0.3, 0.4) is 0 Å². The van der Waals surface area contributed by atoms with E-state index in [-0.39, 0.29) is 34.0 Å². The number of halogens is 2. The SMILES string of the molecule is [B-]P1(=O)OC[C@H]2O[C@@H](n3cnc4c(N)ncnc43)[C@H](F)C2OP(=O)(O)OC[C@H]2O[C@@H](n3cnc4c(N)ncnc43)[C@H](F)[C@@H]2O1. The highest BCUT2D eigenvalue weighted by Gasteiger charge is 2.53. The molecule has 4 aromatic rings. The molecule has 10 atom stereocenters. The highest BCUT2D eigenvalue weighted by Crippen LogP contribution is 2.54. The van der Waals surface area contributed by atoms with Gasteiger partial charge >= 0.3 is 7.82 Å². The molecule has 3 unspecified atom stereocenters. The van der Waals surface area contributed by atoms with Crippen molar-refractivity contribution in [3.05, 3.63) is 25.3 Å². The first-order valence-electron chi connectivity index (χ1n) is 12.7. The quantitative estimate of drug-likeness (QED) is 0.196. The van der Waals surface area contributed by atoms with Crippen molar-refractivity contribution in [3.63, 3.8) is 0 Å². The molecule has 0 spiro atoms. The smallest absolute Gasteiger partial charge is 0.444 e. The van der Waals surface area contributed by atoms with Crippen molar-refractivity contribution in [2.24, 2.45) is 0 Å². The van der Waals surface area contributed by atoms with E-state index < -0.39 is 77.7 Å². The van der Waals surface area contributed by atoms with Crippen LogP contribution in [0.2, 0.25) is 0 Å². The molecule has 3 aliphatic heterocycles. The lowest BCUT2D eigenvalue weighted by Crippen LogP contribution is -2.37. The number of hydrogen-bond donors (Lipinski definition) is 3. The van der Waals surface area contributed by atoms with Crippen molar-refractivity contribution in [1.82, 2.24) is 39.0 Å². The molecule has 4 aromatic heterocycles. The second kappa shape index (κ2) is 10.7. The first-order chi connectivity index (χ1) is 20.9. The Kier molecular flexibility index (Phi) is 7.18. The van der Waals surface area contributed by atoms with Gasteiger partial charge in [0.1, 0.15) is 48.1 Å². The molecule has 0 amide bonds. The Balaban J connectivity index is 1.17. The van der Waals surface area contributed by atoms with Gasteiger partial charge in [-0.05, 0) is 0 Å². The topological polar surface area (TPSA) is 249 Å². The maximum absolute atomic E-state index is 15.9. The number of nitrogens with two attached hydrogens (primary N) is 2. The first kappa shape index (κ1) is 29.5. The maximum atomic E-state index is 15.9. The van der Waals surface area contributed by atoms with Crippen molar-refractivity contribution in [2.45, 2.75) is 49.2 Å². The zero-order chi connectivity index (χ0) is 31.0. The predicted octanol–water partition coefficient (Wildman–Crippen LogP) is 0.496. The number of phosphoric ester groups is 1. The van der Waals surface area contributed by atoms with Gasteiger partial charge in [0.25, 0.3) is 0 Å². The molecule has 0 bridgehead atoms. The van der Waals surface area contributed by atoms with Gasteiger partial charge in [-0.3, -0.25) is 18.2 Å². The molecule has 0 aromatic carbocycles. The summed E-state index contributed by atoms with van der Waals surface area (Å²) in [5, 5.41) is 0. The molecular formula is C20H21BF2N10O9P2-. The summed E-state index contributed by atoms with van der Waals surface area (Å²) in [5.74, 6) is 0.0359. The van der Waals surface area contributed by atoms with Crippen LogP contribution >= 0.6 is 15.3 Å². The van der Waals surface area contributed by atoms with Gasteiger partial charge < -0.3 is 47.0 Å². The van der Waals surface area contributed by atoms with E-state index in [0.717, 1.165) is 12.7 Å². The monoisotopic (exact) mass is 656 g/mol. The molecule has 0 aliphatic carbocycles. The van der Waals surface area contributed by atoms with E-state index in [2.05, 4.69) is 29.9 Å². The molecular weight excluding hydrogens is 635 g/mol. The van der Waals surface area contributed by atoms with E-state index in [4.69, 9.17) is 46.6 Å². The van der Waals surface area contributed by atoms with E-state index in [0.29, 0.717) is 0 Å². The molecule has 7 rings (SSSR count). The standard InChI is InChI=1S/C20H21BF2N10O9P2/c21-43(34)37-1-7-14(10(23)20(39-7)33-6-31-12-16(25)27-4-29-18(12)33)42-44(35,36)38-2-8-13(41-43)9(22)19(40-8)32-5-30-11-15(24)26-3-28-17(11)32/h3-10,13-14,19-20H,1-2H2,(H,35,36)(H2,24,26,28)(H2,25,27,29)/q-1/t7-,8-,9-,10-,13-,14?,19-,20-,43?/m1/s1. The second-order valence-corrected chi connectivity index (χ2v) is 12.9. The lowest BCUT2D eigenvalue weighted by Gasteiger charge is -2.34. The molecule has 3 radical (unpaired) electrons. The van der Waals surface area contributed by atoms with E-state index in [9.17, 15) is 14.0 Å². The third-order valence-electron chi connectivity index (χ3n) is 7.20. The molecule has 24 heteroatoms. The van der Waals surface area contributed by atoms with Gasteiger partial charge in [-0.1, -0.05) is 0 Å². The molecule has 7 heterocycles. The van der Waals surface area contributed by atoms with Gasteiger partial charge in [0.05, 0.1) is 33.3 Å². The normalized spacial score (nSPS) is 38.3. The summed E-state index contributed by atoms with van der Waals surface area (Å²) in [4.78, 5) is 34.4. The minimum absolute atomic E-state index is 0.0162. The van der Waals surface area contributed by atoms with E-state index in [1.165, 1.54) is 21.8 Å². The average molecular weight is 656 g/mol. The van der Waals surface area contributed by atoms with Crippen LogP contribution in [-0.4, -0.2) is 101 Å². The molecule has 19 nitrogen and oxygen atoms in total. The highest BCUT2D eigenvalue weighted by molar-refractivity contribution is 7.79. The first-order valence-corrected chi connectivity index (χ1v) is 15.9. The number of phosphoric acid groups is 1. The minimum atomic E-state index is -5.09. The van der Waals surface area contributed by atoms with Crippen molar-refractivity contribution in [2.75, 3.05) is 24.7 Å². The van der Waals surface area contributed by atoms with Gasteiger partial charge in [0.15, 0.2) is 47.7 Å². The fourth-order valence-corrected chi connectivity index (χ4v) is 7.16.